The molecule has 0 aliphatic carbocycles. The molecule has 30 atom stereocenters. The van der Waals surface area contributed by atoms with Gasteiger partial charge >= 0.3 is 0 Å². The highest BCUT2D eigenvalue weighted by molar-refractivity contribution is 5.08. The van der Waals surface area contributed by atoms with Crippen LogP contribution in [0.15, 0.2) is 24.5 Å². The van der Waals surface area contributed by atoms with Gasteiger partial charge in [-0.05, 0) is 24.5 Å². The van der Waals surface area contributed by atoms with Gasteiger partial charge in [0.05, 0.1) is 39.6 Å². The van der Waals surface area contributed by atoms with Crippen LogP contribution in [0, 0.1) is 0 Å². The average molecular weight is 1090 g/mol. The van der Waals surface area contributed by atoms with E-state index in [1.807, 2.05) is 6.07 Å². The normalized spacial score (nSPS) is 50.1. The summed E-state index contributed by atoms with van der Waals surface area (Å²) in [7, 11) is 0. The smallest absolute Gasteiger partial charge is 0.187 e. The lowest BCUT2D eigenvalue weighted by Crippen LogP contribution is -2.69. The van der Waals surface area contributed by atoms with Crippen LogP contribution in [-0.4, -0.2) is 322 Å². The molecule has 22 fully saturated rings. The highest BCUT2D eigenvalue weighted by atomic mass is 16.8. The van der Waals surface area contributed by atoms with E-state index in [0.29, 0.717) is 12.8 Å². The van der Waals surface area contributed by atoms with Gasteiger partial charge in [0, 0.05) is 19.0 Å². The Morgan fingerprint density at radius 2 is 0.640 bits per heavy atom. The molecule has 12 bridgehead atoms. The van der Waals surface area contributed by atoms with Crippen LogP contribution in [0.25, 0.3) is 0 Å². The summed E-state index contributed by atoms with van der Waals surface area (Å²) in [4.78, 5) is 4.08. The van der Waals surface area contributed by atoms with Crippen molar-refractivity contribution in [2.75, 3.05) is 46.2 Å². The number of hydrogen-bond donors (Lipinski definition) is 17. The Kier molecular flexibility index (Phi) is 20.5. The lowest BCUT2D eigenvalue weighted by molar-refractivity contribution is -0.404. The maximum atomic E-state index is 12.0. The number of ether oxygens (including phenoxy) is 13. The van der Waals surface area contributed by atoms with Gasteiger partial charge in [-0.15, -0.1) is 0 Å². The van der Waals surface area contributed by atoms with Crippen molar-refractivity contribution < 1.29 is 148 Å². The monoisotopic (exact) mass is 1090 g/mol. The molecule has 0 unspecified atom stereocenters. The van der Waals surface area contributed by atoms with Crippen molar-refractivity contribution in [3.05, 3.63) is 30.1 Å². The molecule has 1 aromatic rings. The highest BCUT2D eigenvalue weighted by Gasteiger charge is 2.59. The van der Waals surface area contributed by atoms with Crippen molar-refractivity contribution in [2.45, 2.75) is 197 Å². The molecule has 0 aromatic carbocycles. The van der Waals surface area contributed by atoms with Crippen LogP contribution in [-0.2, 0) is 68.0 Å². The average Bonchev–Trinajstić information content (AvgIpc) is 3.41. The van der Waals surface area contributed by atoms with Crippen LogP contribution in [0.3, 0.4) is 0 Å². The van der Waals surface area contributed by atoms with Crippen LogP contribution < -0.4 is 0 Å². The maximum absolute atomic E-state index is 12.0. The summed E-state index contributed by atoms with van der Waals surface area (Å²) in [6.07, 6.45) is -53.3. The number of aryl methyl sites for hydroxylation is 1. The first kappa shape index (κ1) is 59.1. The van der Waals surface area contributed by atoms with E-state index in [0.717, 1.165) is 5.56 Å². The van der Waals surface area contributed by atoms with Crippen molar-refractivity contribution >= 4 is 0 Å². The molecule has 23 heterocycles. The first-order chi connectivity index (χ1) is 36.0. The maximum Gasteiger partial charge on any atom is 0.187 e. The lowest BCUT2D eigenvalue weighted by atomic mass is 9.94. The molecule has 0 radical (unpaired) electrons. The fourth-order valence-electron chi connectivity index (χ4n) is 10.1. The number of rotatable bonds is 11. The summed E-state index contributed by atoms with van der Waals surface area (Å²) in [5, 5.41) is 189. The Morgan fingerprint density at radius 3 is 0.920 bits per heavy atom. The molecule has 17 N–H and O–H groups in total. The minimum atomic E-state index is -2.15. The molecule has 23 rings (SSSR count). The quantitative estimate of drug-likeness (QED) is 0.0915. The molecule has 75 heavy (non-hydrogen) atoms. The molecule has 430 valence electrons. The number of aliphatic hydroxyl groups is 17. The molecule has 1 aromatic heterocycles. The van der Waals surface area contributed by atoms with Gasteiger partial charge in [-0.25, -0.2) is 0 Å². The second kappa shape index (κ2) is 26.0. The van der Waals surface area contributed by atoms with E-state index in [1.54, 1.807) is 18.5 Å². The van der Waals surface area contributed by atoms with E-state index >= 15 is 0 Å². The summed E-state index contributed by atoms with van der Waals surface area (Å²) in [6.45, 7) is -6.00. The van der Waals surface area contributed by atoms with Gasteiger partial charge in [0.2, 0.25) is 0 Å². The Bertz CT molecular complexity index is 1880. The van der Waals surface area contributed by atoms with Crippen LogP contribution in [0.1, 0.15) is 12.0 Å². The van der Waals surface area contributed by atoms with E-state index in [-0.39, 0.29) is 6.61 Å². The van der Waals surface area contributed by atoms with Crippen molar-refractivity contribution in [1.29, 1.82) is 0 Å². The van der Waals surface area contributed by atoms with Crippen LogP contribution in [0.2, 0.25) is 0 Å². The Hall–Kier alpha value is -2.05. The van der Waals surface area contributed by atoms with Crippen molar-refractivity contribution in [3.63, 3.8) is 0 Å². The summed E-state index contributed by atoms with van der Waals surface area (Å²) < 4.78 is 76.0. The van der Waals surface area contributed by atoms with E-state index in [4.69, 9.17) is 61.6 Å². The van der Waals surface area contributed by atoms with E-state index < -0.39 is 224 Å². The van der Waals surface area contributed by atoms with E-state index in [9.17, 15) is 86.8 Å². The molecule has 31 nitrogen and oxygen atoms in total. The van der Waals surface area contributed by atoms with Gasteiger partial charge in [-0.1, -0.05) is 6.07 Å². The fraction of sp³-hybridized carbons (Fsp3) is 0.886. The zero-order chi connectivity index (χ0) is 54.0. The number of pyridine rings is 1. The van der Waals surface area contributed by atoms with Crippen LogP contribution in [0.4, 0.5) is 0 Å². The summed E-state index contributed by atoms with van der Waals surface area (Å²) in [6, 6.07) is 3.53. The van der Waals surface area contributed by atoms with Crippen LogP contribution in [0.5, 0.6) is 0 Å². The molecule has 0 amide bonds. The van der Waals surface area contributed by atoms with Crippen molar-refractivity contribution in [3.8, 4) is 0 Å². The first-order valence-electron chi connectivity index (χ1n) is 24.5. The summed E-state index contributed by atoms with van der Waals surface area (Å²) in [5.74, 6) is 0. The van der Waals surface area contributed by atoms with Gasteiger partial charge < -0.3 is 148 Å². The molecule has 22 aliphatic rings. The van der Waals surface area contributed by atoms with Crippen molar-refractivity contribution in [1.82, 2.24) is 4.98 Å². The van der Waals surface area contributed by atoms with Gasteiger partial charge in [-0.2, -0.15) is 0 Å². The number of nitrogens with zero attached hydrogens (tertiary/aromatic N) is 1. The third-order valence-electron chi connectivity index (χ3n) is 14.3. The molecule has 0 saturated carbocycles. The number of aromatic nitrogens is 1. The zero-order valence-electron chi connectivity index (χ0n) is 39.9. The van der Waals surface area contributed by atoms with E-state index in [1.165, 1.54) is 0 Å². The van der Waals surface area contributed by atoms with Gasteiger partial charge in [0.1, 0.15) is 146 Å². The van der Waals surface area contributed by atoms with Gasteiger partial charge in [0.25, 0.3) is 0 Å². The second-order valence-corrected chi connectivity index (χ2v) is 19.2. The minimum absolute atomic E-state index is 0.122. The SMILES string of the molecule is OC[C@H]1O[C@@H]2O[C@H]3[C@H](O)[C@@H](O)[C@@H](O[C@H]4[C@H](O)[C@@H](O)[C@@H](O[C@H]5[C@H](O)[C@@H](O)[C@@H](O[C@H]6[C@H](O)[C@@H](O)[C@@H](O[C@H]7[C@H](O)[C@@H](O)[C@@H](O[C@@H]1[C@H](OCCCc1cccnc1)[C@H]2O)O[C@@H]7CO)O[C@@H]6CO)O[C@@H]5CO)O[C@@H]4CO)O[C@@H]3CO. The third-order valence-corrected chi connectivity index (χ3v) is 14.3. The molecule has 0 spiro atoms. The number of aliphatic hydroxyl groups excluding tert-OH is 17. The van der Waals surface area contributed by atoms with Crippen molar-refractivity contribution in [2.24, 2.45) is 0 Å². The van der Waals surface area contributed by atoms with Gasteiger partial charge in [-0.3, -0.25) is 4.98 Å². The summed E-state index contributed by atoms with van der Waals surface area (Å²) >= 11 is 0. The minimum Gasteiger partial charge on any atom is -0.394 e. The topological polar surface area (TPSA) is 477 Å². The van der Waals surface area contributed by atoms with E-state index in [2.05, 4.69) is 4.98 Å². The standard InChI is InChI=1S/C44H69NO30/c46-8-15-32-21(52)26(57)39(64-15)71-33-16(9-47)66-41(28(59)23(33)54)73-35-18(11-49)68-43(30(61)25(35)56)75-37-20(13-51)69-44(31(62)38(37)63-6-2-4-14-3-1-5-45-7-14)74-36-19(12-50)67-42(29(60)24(36)55)72-34-17(10-48)65-40(70-32)27(58)22(34)53/h1,3,5,7,15-44,46-62H,2,4,6,8-13H2/t15-,16-,17-,18-,19-,20-,21-,22-,23-,24-,25-,26-,27-,28-,29-,30-,31-,32-,33-,34-,35-,36-,37+,38-,39-,40-,41-,42-,43-,44-/m1/s1. The zero-order valence-corrected chi connectivity index (χ0v) is 39.9. The Labute approximate surface area is 426 Å². The fourth-order valence-corrected chi connectivity index (χ4v) is 10.1. The Balaban J connectivity index is 1.10. The molecule has 31 heteroatoms. The molecular formula is C44H69NO30. The van der Waals surface area contributed by atoms with Gasteiger partial charge in [0.15, 0.2) is 37.7 Å². The van der Waals surface area contributed by atoms with Crippen LogP contribution >= 0.6 is 0 Å². The molecular weight excluding hydrogens is 1020 g/mol. The molecule has 22 saturated heterocycles. The predicted octanol–water partition coefficient (Wildman–Crippen LogP) is -11.0. The Morgan fingerprint density at radius 1 is 0.360 bits per heavy atom. The summed E-state index contributed by atoms with van der Waals surface area (Å²) in [5.41, 5.74) is 0.823. The largest absolute Gasteiger partial charge is 0.394 e. The molecule has 22 aliphatic heterocycles. The third kappa shape index (κ3) is 12.3. The predicted molar refractivity (Wildman–Crippen MR) is 232 cm³/mol. The first-order valence-corrected chi connectivity index (χ1v) is 24.5. The highest BCUT2D eigenvalue weighted by Crippen LogP contribution is 2.38. The second-order valence-electron chi connectivity index (χ2n) is 19.2. The number of hydrogen-bond acceptors (Lipinski definition) is 31. The lowest BCUT2D eigenvalue weighted by Gasteiger charge is -2.51.